The van der Waals surface area contributed by atoms with Crippen LogP contribution in [0.2, 0.25) is 0 Å². The van der Waals surface area contributed by atoms with Gasteiger partial charge in [-0.2, -0.15) is 0 Å². The van der Waals surface area contributed by atoms with Gasteiger partial charge in [0, 0.05) is 50.0 Å². The van der Waals surface area contributed by atoms with Crippen molar-refractivity contribution in [1.29, 1.82) is 0 Å². The van der Waals surface area contributed by atoms with E-state index in [0.29, 0.717) is 5.92 Å². The predicted octanol–water partition coefficient (Wildman–Crippen LogP) is 1.65. The van der Waals surface area contributed by atoms with Crippen molar-refractivity contribution in [3.63, 3.8) is 0 Å². The van der Waals surface area contributed by atoms with Crippen LogP contribution in [0.1, 0.15) is 41.5 Å². The Bertz CT molecular complexity index is 177. The fourth-order valence-corrected chi connectivity index (χ4v) is 1.78. The van der Waals surface area contributed by atoms with Gasteiger partial charge in [-0.1, -0.05) is 41.5 Å². The number of hydrogen-bond acceptors (Lipinski definition) is 3. The second-order valence-corrected chi connectivity index (χ2v) is 5.68. The summed E-state index contributed by atoms with van der Waals surface area (Å²) in [6.07, 6.45) is -2.22. The van der Waals surface area contributed by atoms with Gasteiger partial charge in [-0.05, 0) is 17.8 Å². The fraction of sp³-hybridized carbons (Fsp3) is 1.00. The van der Waals surface area contributed by atoms with Crippen LogP contribution in [0.5, 0.6) is 0 Å². The first-order chi connectivity index (χ1) is 7.20. The molecule has 0 aliphatic carbocycles. The molecule has 0 aromatic carbocycles. The fourth-order valence-electron chi connectivity index (χ4n) is 1.78. The third kappa shape index (κ3) is 6.34. The normalized spacial score (nSPS) is 20.6. The van der Waals surface area contributed by atoms with Crippen molar-refractivity contribution < 1.29 is 59.4 Å². The van der Waals surface area contributed by atoms with Gasteiger partial charge >= 0.3 is 0 Å². The number of aliphatic hydroxyl groups is 3. The van der Waals surface area contributed by atoms with Crippen LogP contribution in [0, 0.1) is 67.7 Å². The van der Waals surface area contributed by atoms with Gasteiger partial charge in [0.2, 0.25) is 0 Å². The van der Waals surface area contributed by atoms with E-state index in [9.17, 15) is 15.3 Å². The summed E-state index contributed by atoms with van der Waals surface area (Å²) >= 11 is 0. The SMILES string of the molecule is CC(C)C(C)C(O)C(C)C(O)C(O)C(C)C.[Ac]. The summed E-state index contributed by atoms with van der Waals surface area (Å²) in [5.41, 5.74) is 0. The zero-order chi connectivity index (χ0) is 13.0. The van der Waals surface area contributed by atoms with Crippen LogP contribution in [0.25, 0.3) is 0 Å². The van der Waals surface area contributed by atoms with E-state index in [-0.39, 0.29) is 61.8 Å². The minimum absolute atomic E-state index is 0. The van der Waals surface area contributed by atoms with Crippen LogP contribution in [-0.2, 0) is 0 Å². The molecule has 0 heterocycles. The van der Waals surface area contributed by atoms with Gasteiger partial charge < -0.3 is 15.3 Å². The molecule has 5 atom stereocenters. The second kappa shape index (κ2) is 9.26. The number of hydrogen-bond donors (Lipinski definition) is 3. The van der Waals surface area contributed by atoms with Gasteiger partial charge in [0.05, 0.1) is 18.3 Å². The van der Waals surface area contributed by atoms with Gasteiger partial charge in [-0.3, -0.25) is 0 Å². The summed E-state index contributed by atoms with van der Waals surface area (Å²) in [7, 11) is 0. The van der Waals surface area contributed by atoms with Crippen molar-refractivity contribution in [2.45, 2.75) is 59.9 Å². The molecule has 101 valence electrons. The molecule has 0 aliphatic heterocycles. The Kier molecular flexibility index (Phi) is 11.2. The summed E-state index contributed by atoms with van der Waals surface area (Å²) < 4.78 is 0. The van der Waals surface area contributed by atoms with Crippen LogP contribution in [0.15, 0.2) is 0 Å². The Balaban J connectivity index is 0. The van der Waals surface area contributed by atoms with Crippen LogP contribution < -0.4 is 0 Å². The smallest absolute Gasteiger partial charge is 0.0851 e. The van der Waals surface area contributed by atoms with Crippen molar-refractivity contribution in [1.82, 2.24) is 0 Å². The average molecular weight is 459 g/mol. The molecule has 0 rings (SSSR count). The Morgan fingerprint density at radius 1 is 0.529 bits per heavy atom. The second-order valence-electron chi connectivity index (χ2n) is 5.68. The van der Waals surface area contributed by atoms with E-state index in [1.807, 2.05) is 34.6 Å². The van der Waals surface area contributed by atoms with Gasteiger partial charge in [0.1, 0.15) is 0 Å². The summed E-state index contributed by atoms with van der Waals surface area (Å²) in [5.74, 6) is 0.165. The van der Waals surface area contributed by atoms with Crippen molar-refractivity contribution in [3.05, 3.63) is 0 Å². The summed E-state index contributed by atoms with van der Waals surface area (Å²) in [6.45, 7) is 11.6. The minimum atomic E-state index is -0.865. The van der Waals surface area contributed by atoms with Crippen LogP contribution in [-0.4, -0.2) is 33.6 Å². The molecular weight excluding hydrogens is 431 g/mol. The Labute approximate surface area is 142 Å². The van der Waals surface area contributed by atoms with Crippen molar-refractivity contribution in [2.75, 3.05) is 0 Å². The first-order valence-electron chi connectivity index (χ1n) is 6.24. The van der Waals surface area contributed by atoms with Crippen molar-refractivity contribution >= 4 is 0 Å². The molecule has 3 nitrogen and oxygen atoms in total. The van der Waals surface area contributed by atoms with Crippen molar-refractivity contribution in [3.8, 4) is 0 Å². The van der Waals surface area contributed by atoms with E-state index in [2.05, 4.69) is 0 Å². The van der Waals surface area contributed by atoms with E-state index >= 15 is 0 Å². The summed E-state index contributed by atoms with van der Waals surface area (Å²) in [4.78, 5) is 0. The summed E-state index contributed by atoms with van der Waals surface area (Å²) in [5, 5.41) is 29.8. The van der Waals surface area contributed by atoms with Crippen LogP contribution in [0.4, 0.5) is 0 Å². The molecule has 0 amide bonds. The molecule has 1 radical (unpaired) electrons. The Morgan fingerprint density at radius 2 is 0.941 bits per heavy atom. The Morgan fingerprint density at radius 3 is 1.24 bits per heavy atom. The third-order valence-electron chi connectivity index (χ3n) is 3.70. The Hall–Kier alpha value is 1.32. The van der Waals surface area contributed by atoms with Gasteiger partial charge in [-0.25, -0.2) is 0 Å². The van der Waals surface area contributed by atoms with Gasteiger partial charge in [0.25, 0.3) is 0 Å². The molecule has 0 aliphatic rings. The summed E-state index contributed by atoms with van der Waals surface area (Å²) in [6, 6.07) is 0. The maximum atomic E-state index is 10.1. The molecule has 0 aromatic heterocycles. The number of aliphatic hydroxyl groups excluding tert-OH is 3. The van der Waals surface area contributed by atoms with Crippen LogP contribution >= 0.6 is 0 Å². The molecule has 0 bridgehead atoms. The van der Waals surface area contributed by atoms with E-state index in [4.69, 9.17) is 0 Å². The maximum Gasteiger partial charge on any atom is 0.0851 e. The molecule has 3 N–H and O–H groups in total. The molecule has 0 fully saturated rings. The van der Waals surface area contributed by atoms with E-state index in [1.165, 1.54) is 0 Å². The molecule has 5 unspecified atom stereocenters. The van der Waals surface area contributed by atoms with Gasteiger partial charge in [-0.15, -0.1) is 0 Å². The zero-order valence-corrected chi connectivity index (χ0v) is 16.7. The molecule has 0 saturated carbocycles. The minimum Gasteiger partial charge on any atom is -0.392 e. The van der Waals surface area contributed by atoms with E-state index in [1.54, 1.807) is 6.92 Å². The average Bonchev–Trinajstić information content (AvgIpc) is 2.23. The molecule has 0 spiro atoms. The van der Waals surface area contributed by atoms with E-state index < -0.39 is 18.3 Å². The largest absolute Gasteiger partial charge is 0.392 e. The third-order valence-corrected chi connectivity index (χ3v) is 3.70. The monoisotopic (exact) mass is 459 g/mol. The quantitative estimate of drug-likeness (QED) is 0.567. The van der Waals surface area contributed by atoms with Crippen molar-refractivity contribution in [2.24, 2.45) is 23.7 Å². The molecule has 4 heteroatoms. The van der Waals surface area contributed by atoms with Gasteiger partial charge in [0.15, 0.2) is 0 Å². The van der Waals surface area contributed by atoms with E-state index in [0.717, 1.165) is 0 Å². The molecule has 0 aromatic rings. The zero-order valence-electron chi connectivity index (χ0n) is 12.0. The predicted molar refractivity (Wildman–Crippen MR) is 66.0 cm³/mol. The van der Waals surface area contributed by atoms with Crippen LogP contribution in [0.3, 0.4) is 0 Å². The maximum absolute atomic E-state index is 10.1. The number of rotatable bonds is 6. The standard InChI is InChI=1S/C13H28O3.Ac/c1-7(2)9(5)12(15)10(6)13(16)11(14)8(3)4;/h7-16H,1-6H3;. The molecule has 0 saturated heterocycles. The first kappa shape index (κ1) is 20.6. The molecule has 17 heavy (non-hydrogen) atoms. The molecular formula is C13H28AcO3. The topological polar surface area (TPSA) is 60.7 Å². The first-order valence-corrected chi connectivity index (χ1v) is 6.24.